The quantitative estimate of drug-likeness (QED) is 0.870. The van der Waals surface area contributed by atoms with Gasteiger partial charge in [-0.2, -0.15) is 0 Å². The Morgan fingerprint density at radius 2 is 2.05 bits per heavy atom. The molecule has 0 spiro atoms. The Morgan fingerprint density at radius 1 is 1.26 bits per heavy atom. The fourth-order valence-electron chi connectivity index (χ4n) is 2.86. The summed E-state index contributed by atoms with van der Waals surface area (Å²) < 4.78 is 0. The van der Waals surface area contributed by atoms with E-state index in [9.17, 15) is 4.79 Å². The number of hydrogen-bond acceptors (Lipinski definition) is 2. The van der Waals surface area contributed by atoms with Crippen LogP contribution < -0.4 is 10.6 Å². The van der Waals surface area contributed by atoms with Gasteiger partial charge in [0.1, 0.15) is 0 Å². The number of aryl methyl sites for hydroxylation is 1. The van der Waals surface area contributed by atoms with Gasteiger partial charge in [0.05, 0.1) is 6.04 Å². The fraction of sp³-hybridized carbons (Fsp3) is 0.562. The molecule has 1 aromatic rings. The molecular formula is C16H22N2O. The van der Waals surface area contributed by atoms with E-state index in [2.05, 4.69) is 34.9 Å². The van der Waals surface area contributed by atoms with Crippen LogP contribution in [0.2, 0.25) is 0 Å². The van der Waals surface area contributed by atoms with Crippen molar-refractivity contribution >= 4 is 5.91 Å². The Morgan fingerprint density at radius 3 is 2.84 bits per heavy atom. The van der Waals surface area contributed by atoms with E-state index in [0.29, 0.717) is 12.1 Å². The third kappa shape index (κ3) is 2.98. The number of amides is 1. The molecule has 102 valence electrons. The number of carbonyl (C=O) groups excluding carboxylic acids is 1. The first-order valence-electron chi connectivity index (χ1n) is 7.38. The van der Waals surface area contributed by atoms with E-state index in [1.54, 1.807) is 0 Å². The maximum absolute atomic E-state index is 12.0. The van der Waals surface area contributed by atoms with Crippen molar-refractivity contribution in [1.82, 2.24) is 10.6 Å². The number of carbonyl (C=O) groups is 1. The second-order valence-electron chi connectivity index (χ2n) is 5.81. The Kier molecular flexibility index (Phi) is 3.56. The highest BCUT2D eigenvalue weighted by atomic mass is 16.2. The van der Waals surface area contributed by atoms with Gasteiger partial charge in [-0.3, -0.25) is 10.1 Å². The van der Waals surface area contributed by atoms with Crippen LogP contribution in [0.15, 0.2) is 24.3 Å². The summed E-state index contributed by atoms with van der Waals surface area (Å²) in [5, 5.41) is 6.56. The van der Waals surface area contributed by atoms with Gasteiger partial charge in [-0.25, -0.2) is 0 Å². The summed E-state index contributed by atoms with van der Waals surface area (Å²) >= 11 is 0. The average molecular weight is 258 g/mol. The molecule has 0 unspecified atom stereocenters. The third-order valence-electron chi connectivity index (χ3n) is 4.14. The van der Waals surface area contributed by atoms with Gasteiger partial charge in [0.15, 0.2) is 0 Å². The summed E-state index contributed by atoms with van der Waals surface area (Å²) in [6, 6.07) is 9.24. The minimum Gasteiger partial charge on any atom is -0.352 e. The van der Waals surface area contributed by atoms with Crippen molar-refractivity contribution in [3.05, 3.63) is 35.4 Å². The summed E-state index contributed by atoms with van der Waals surface area (Å²) in [5.74, 6) is 0.144. The van der Waals surface area contributed by atoms with Crippen molar-refractivity contribution in [1.29, 1.82) is 0 Å². The zero-order valence-corrected chi connectivity index (χ0v) is 11.5. The van der Waals surface area contributed by atoms with Gasteiger partial charge in [0, 0.05) is 12.1 Å². The summed E-state index contributed by atoms with van der Waals surface area (Å²) in [6.45, 7) is 1.97. The van der Waals surface area contributed by atoms with Gasteiger partial charge in [-0.15, -0.1) is 0 Å². The third-order valence-corrected chi connectivity index (χ3v) is 4.14. The molecule has 0 aliphatic heterocycles. The minimum absolute atomic E-state index is 0.114. The lowest BCUT2D eigenvalue weighted by Gasteiger charge is -2.28. The normalized spacial score (nSPS) is 23.5. The van der Waals surface area contributed by atoms with Gasteiger partial charge in [0.25, 0.3) is 0 Å². The molecule has 3 nitrogen and oxygen atoms in total. The van der Waals surface area contributed by atoms with E-state index in [1.807, 2.05) is 6.92 Å². The second kappa shape index (κ2) is 5.33. The smallest absolute Gasteiger partial charge is 0.237 e. The molecule has 1 fully saturated rings. The van der Waals surface area contributed by atoms with Crippen LogP contribution in [0.4, 0.5) is 0 Å². The van der Waals surface area contributed by atoms with Crippen molar-refractivity contribution in [3.63, 3.8) is 0 Å². The van der Waals surface area contributed by atoms with Crippen LogP contribution >= 0.6 is 0 Å². The number of nitrogens with one attached hydrogen (secondary N) is 2. The van der Waals surface area contributed by atoms with E-state index in [-0.39, 0.29) is 11.9 Å². The Balaban J connectivity index is 1.64. The maximum atomic E-state index is 12.0. The van der Waals surface area contributed by atoms with Crippen LogP contribution in [0.3, 0.4) is 0 Å². The van der Waals surface area contributed by atoms with Crippen LogP contribution in [0.25, 0.3) is 0 Å². The number of benzene rings is 1. The van der Waals surface area contributed by atoms with Crippen molar-refractivity contribution < 1.29 is 4.79 Å². The van der Waals surface area contributed by atoms with Gasteiger partial charge in [-0.05, 0) is 50.2 Å². The van der Waals surface area contributed by atoms with E-state index < -0.39 is 0 Å². The largest absolute Gasteiger partial charge is 0.352 e. The van der Waals surface area contributed by atoms with Gasteiger partial charge >= 0.3 is 0 Å². The molecule has 1 amide bonds. The zero-order chi connectivity index (χ0) is 13.2. The standard InChI is InChI=1S/C16H22N2O/c1-11(16(19)18-13-9-10-13)17-15-8-4-6-12-5-2-3-7-14(12)15/h2-3,5,7,11,13,15,17H,4,6,8-10H2,1H3,(H,18,19)/t11-,15-/m0/s1. The van der Waals surface area contributed by atoms with Crippen LogP contribution in [-0.2, 0) is 11.2 Å². The molecule has 0 aromatic heterocycles. The Labute approximate surface area is 114 Å². The molecule has 0 heterocycles. The Hall–Kier alpha value is -1.35. The summed E-state index contributed by atoms with van der Waals surface area (Å²) in [5.41, 5.74) is 2.81. The van der Waals surface area contributed by atoms with E-state index in [1.165, 1.54) is 17.5 Å². The van der Waals surface area contributed by atoms with Crippen molar-refractivity contribution in [2.45, 2.75) is 57.2 Å². The highest BCUT2D eigenvalue weighted by Crippen LogP contribution is 2.29. The minimum atomic E-state index is -0.114. The summed E-state index contributed by atoms with van der Waals surface area (Å²) in [4.78, 5) is 12.0. The number of hydrogen-bond donors (Lipinski definition) is 2. The maximum Gasteiger partial charge on any atom is 0.237 e. The molecule has 3 heteroatoms. The molecule has 19 heavy (non-hydrogen) atoms. The molecule has 0 bridgehead atoms. The lowest BCUT2D eigenvalue weighted by atomic mass is 9.87. The first kappa shape index (κ1) is 12.7. The van der Waals surface area contributed by atoms with Gasteiger partial charge < -0.3 is 5.32 Å². The van der Waals surface area contributed by atoms with E-state index >= 15 is 0 Å². The molecule has 1 aromatic carbocycles. The molecule has 1 saturated carbocycles. The van der Waals surface area contributed by atoms with Gasteiger partial charge in [-0.1, -0.05) is 24.3 Å². The van der Waals surface area contributed by atoms with Crippen LogP contribution in [0, 0.1) is 0 Å². The monoisotopic (exact) mass is 258 g/mol. The van der Waals surface area contributed by atoms with E-state index in [4.69, 9.17) is 0 Å². The van der Waals surface area contributed by atoms with E-state index in [0.717, 1.165) is 25.7 Å². The van der Waals surface area contributed by atoms with Crippen molar-refractivity contribution in [2.75, 3.05) is 0 Å². The lowest BCUT2D eigenvalue weighted by Crippen LogP contribution is -2.45. The molecule has 2 aliphatic carbocycles. The SMILES string of the molecule is C[C@H](N[C@H]1CCCc2ccccc21)C(=O)NC1CC1. The van der Waals surface area contributed by atoms with Crippen LogP contribution in [-0.4, -0.2) is 18.0 Å². The lowest BCUT2D eigenvalue weighted by molar-refractivity contribution is -0.123. The Bertz CT molecular complexity index is 468. The molecule has 0 radical (unpaired) electrons. The molecule has 3 rings (SSSR count). The van der Waals surface area contributed by atoms with Crippen LogP contribution in [0.1, 0.15) is 49.8 Å². The molecule has 2 atom stereocenters. The second-order valence-corrected chi connectivity index (χ2v) is 5.81. The van der Waals surface area contributed by atoms with Gasteiger partial charge in [0.2, 0.25) is 5.91 Å². The highest BCUT2D eigenvalue weighted by Gasteiger charge is 2.28. The first-order valence-corrected chi connectivity index (χ1v) is 7.38. The molecule has 0 saturated heterocycles. The molecule has 2 aliphatic rings. The summed E-state index contributed by atoms with van der Waals surface area (Å²) in [6.07, 6.45) is 5.77. The zero-order valence-electron chi connectivity index (χ0n) is 11.5. The molecule has 2 N–H and O–H groups in total. The highest BCUT2D eigenvalue weighted by molar-refractivity contribution is 5.81. The number of rotatable bonds is 4. The number of fused-ring (bicyclic) bond motifs is 1. The molecular weight excluding hydrogens is 236 g/mol. The van der Waals surface area contributed by atoms with Crippen molar-refractivity contribution in [2.24, 2.45) is 0 Å². The fourth-order valence-corrected chi connectivity index (χ4v) is 2.86. The van der Waals surface area contributed by atoms with Crippen LogP contribution in [0.5, 0.6) is 0 Å². The predicted molar refractivity (Wildman–Crippen MR) is 75.9 cm³/mol. The first-order chi connectivity index (χ1) is 9.24. The average Bonchev–Trinajstić information content (AvgIpc) is 3.23. The topological polar surface area (TPSA) is 41.1 Å². The van der Waals surface area contributed by atoms with Crippen molar-refractivity contribution in [3.8, 4) is 0 Å². The summed E-state index contributed by atoms with van der Waals surface area (Å²) in [7, 11) is 0. The predicted octanol–water partition coefficient (Wildman–Crippen LogP) is 2.32.